The van der Waals surface area contributed by atoms with E-state index in [4.69, 9.17) is 0 Å². The zero-order chi connectivity index (χ0) is 23.4. The van der Waals surface area contributed by atoms with Gasteiger partial charge >= 0.3 is 0 Å². The number of anilines is 1. The summed E-state index contributed by atoms with van der Waals surface area (Å²) in [4.78, 5) is 6.28. The lowest BCUT2D eigenvalue weighted by molar-refractivity contribution is 0.341. The second-order valence-corrected chi connectivity index (χ2v) is 11.3. The van der Waals surface area contributed by atoms with Crippen molar-refractivity contribution in [2.75, 3.05) is 31.1 Å². The van der Waals surface area contributed by atoms with Gasteiger partial charge in [0.2, 0.25) is 0 Å². The van der Waals surface area contributed by atoms with Crippen LogP contribution < -0.4 is 4.90 Å². The van der Waals surface area contributed by atoms with Gasteiger partial charge in [-0.05, 0) is 89.6 Å². The summed E-state index contributed by atoms with van der Waals surface area (Å²) < 4.78 is 38.6. The second kappa shape index (κ2) is 10.1. The van der Waals surface area contributed by atoms with Crippen LogP contribution in [0, 0.1) is 5.82 Å². The maximum Gasteiger partial charge on any atom is 0.293 e. The fourth-order valence-electron chi connectivity index (χ4n) is 4.17. The van der Waals surface area contributed by atoms with Crippen molar-refractivity contribution < 1.29 is 13.2 Å². The minimum atomic E-state index is -2.94. The lowest BCUT2D eigenvalue weighted by Crippen LogP contribution is -2.52. The highest BCUT2D eigenvalue weighted by molar-refractivity contribution is 7.96. The summed E-state index contributed by atoms with van der Waals surface area (Å²) in [5.41, 5.74) is 5.12. The molecule has 0 amide bonds. The smallest absolute Gasteiger partial charge is 0.293 e. The molecule has 1 N–H and O–H groups in total. The molecule has 0 saturated carbocycles. The molecule has 1 aliphatic heterocycles. The fraction of sp³-hybridized carbons (Fsp3) is 0.346. The van der Waals surface area contributed by atoms with E-state index in [2.05, 4.69) is 34.1 Å². The van der Waals surface area contributed by atoms with E-state index in [9.17, 15) is 13.2 Å². The molecule has 4 rings (SSSR count). The largest absolute Gasteiger partial charge is 0.369 e. The summed E-state index contributed by atoms with van der Waals surface area (Å²) in [6, 6.07) is 17.4. The van der Waals surface area contributed by atoms with E-state index in [1.54, 1.807) is 42.7 Å². The van der Waals surface area contributed by atoms with Crippen LogP contribution in [0.2, 0.25) is 0 Å². The minimum Gasteiger partial charge on any atom is -0.369 e. The van der Waals surface area contributed by atoms with Crippen LogP contribution in [0.25, 0.3) is 11.1 Å². The molecule has 1 aliphatic rings. The van der Waals surface area contributed by atoms with Crippen LogP contribution in [0.5, 0.6) is 0 Å². The first kappa shape index (κ1) is 23.5. The third-order valence-corrected chi connectivity index (χ3v) is 8.53. The van der Waals surface area contributed by atoms with Gasteiger partial charge in [-0.1, -0.05) is 22.5 Å². The van der Waals surface area contributed by atoms with Gasteiger partial charge in [-0.3, -0.25) is 4.98 Å². The van der Waals surface area contributed by atoms with Crippen LogP contribution in [-0.2, 0) is 27.5 Å². The van der Waals surface area contributed by atoms with Gasteiger partial charge in [0.05, 0.1) is 13.1 Å². The number of piperazine rings is 1. The Morgan fingerprint density at radius 3 is 2.18 bits per heavy atom. The Morgan fingerprint density at radius 2 is 1.55 bits per heavy atom. The van der Waals surface area contributed by atoms with Crippen molar-refractivity contribution >= 4 is 16.1 Å². The van der Waals surface area contributed by atoms with Gasteiger partial charge in [-0.25, -0.2) is 4.39 Å². The van der Waals surface area contributed by atoms with Crippen LogP contribution >= 0.6 is 0 Å². The van der Waals surface area contributed by atoms with Crippen molar-refractivity contribution in [3.8, 4) is 11.1 Å². The average molecular weight is 469 g/mol. The molecule has 2 heterocycles. The lowest BCUT2D eigenvalue weighted by Gasteiger charge is -2.34. The molecule has 1 unspecified atom stereocenters. The molecule has 1 aromatic heterocycles. The number of halogens is 1. The summed E-state index contributed by atoms with van der Waals surface area (Å²) in [6.07, 6.45) is 5.02. The molecule has 0 aliphatic carbocycles. The highest BCUT2D eigenvalue weighted by Gasteiger charge is 2.40. The van der Waals surface area contributed by atoms with Crippen LogP contribution in [0.4, 0.5) is 10.1 Å². The molecule has 2 aromatic carbocycles. The van der Waals surface area contributed by atoms with Gasteiger partial charge in [-0.15, -0.1) is 0 Å². The Kier molecular flexibility index (Phi) is 7.22. The number of hydrogen-bond donors (Lipinski definition) is 1. The van der Waals surface area contributed by atoms with E-state index in [0.717, 1.165) is 48.3 Å². The summed E-state index contributed by atoms with van der Waals surface area (Å²) in [7, 11) is -2.94. The van der Waals surface area contributed by atoms with E-state index in [0.29, 0.717) is 13.1 Å². The van der Waals surface area contributed by atoms with Crippen molar-refractivity contribution in [2.45, 2.75) is 31.9 Å². The molecule has 33 heavy (non-hydrogen) atoms. The van der Waals surface area contributed by atoms with E-state index < -0.39 is 10.4 Å². The minimum absolute atomic E-state index is 0.224. The van der Waals surface area contributed by atoms with E-state index in [-0.39, 0.29) is 11.1 Å². The fourth-order valence-corrected chi connectivity index (χ4v) is 5.46. The number of aryl methyl sites for hydroxylation is 2. The average Bonchev–Trinajstić information content (AvgIpc) is 2.83. The highest BCUT2D eigenvalue weighted by Crippen LogP contribution is 2.24. The summed E-state index contributed by atoms with van der Waals surface area (Å²) in [5, 5.41) is -0.276. The molecule has 1 atom stereocenters. The standard InChI is InChI=1S/C26H30FN3O2S/c1-20(2)33(31,32)30-15-13-29(14-16-30)26-7-5-21(6-8-26)3-4-22-17-24(19-25(27)18-22)23-9-11-28-12-10-23/h5-12,17-20H,3-4,13-16H2,1-2H3/p+1. The Hall–Kier alpha value is -2.61. The highest BCUT2D eigenvalue weighted by atomic mass is 32.3. The number of nitrogens with zero attached hydrogens (tertiary/aromatic N) is 3. The van der Waals surface area contributed by atoms with Crippen LogP contribution in [0.1, 0.15) is 25.0 Å². The second-order valence-electron chi connectivity index (χ2n) is 8.75. The number of benzene rings is 2. The van der Waals surface area contributed by atoms with Crippen LogP contribution in [-0.4, -0.2) is 45.3 Å². The molecule has 3 aromatic rings. The van der Waals surface area contributed by atoms with Gasteiger partial charge in [0.25, 0.3) is 10.4 Å². The first-order valence-corrected chi connectivity index (χ1v) is 12.9. The number of aromatic nitrogens is 1. The van der Waals surface area contributed by atoms with Gasteiger partial charge in [0, 0.05) is 31.2 Å². The van der Waals surface area contributed by atoms with Crippen LogP contribution in [0.3, 0.4) is 0 Å². The molecule has 7 heteroatoms. The first-order chi connectivity index (χ1) is 15.8. The molecule has 1 saturated heterocycles. The zero-order valence-electron chi connectivity index (χ0n) is 19.2. The van der Waals surface area contributed by atoms with Gasteiger partial charge in [0.15, 0.2) is 5.25 Å². The molecule has 0 spiro atoms. The molecule has 5 nitrogen and oxygen atoms in total. The van der Waals surface area contributed by atoms with Crippen molar-refractivity contribution in [1.29, 1.82) is 0 Å². The molecule has 174 valence electrons. The monoisotopic (exact) mass is 468 g/mol. The van der Waals surface area contributed by atoms with Crippen molar-refractivity contribution in [2.24, 2.45) is 0 Å². The predicted octanol–water partition coefficient (Wildman–Crippen LogP) is 5.09. The van der Waals surface area contributed by atoms with E-state index >= 15 is 0 Å². The zero-order valence-corrected chi connectivity index (χ0v) is 20.0. The number of rotatable bonds is 7. The third-order valence-electron chi connectivity index (χ3n) is 6.20. The van der Waals surface area contributed by atoms with Crippen LogP contribution in [0.15, 0.2) is 67.0 Å². The maximum atomic E-state index is 14.2. The quantitative estimate of drug-likeness (QED) is 0.491. The predicted molar refractivity (Wildman–Crippen MR) is 133 cm³/mol. The Balaban J connectivity index is 1.35. The van der Waals surface area contributed by atoms with Crippen molar-refractivity contribution in [3.05, 3.63) is 83.9 Å². The van der Waals surface area contributed by atoms with E-state index in [1.807, 2.05) is 18.2 Å². The Labute approximate surface area is 196 Å². The number of hydrogen-bond acceptors (Lipinski definition) is 3. The summed E-state index contributed by atoms with van der Waals surface area (Å²) >= 11 is 0. The number of pyridine rings is 1. The first-order valence-electron chi connectivity index (χ1n) is 11.4. The Bertz CT molecular complexity index is 1110. The maximum absolute atomic E-state index is 14.2. The van der Waals surface area contributed by atoms with Crippen molar-refractivity contribution in [3.63, 3.8) is 0 Å². The lowest BCUT2D eigenvalue weighted by atomic mass is 9.99. The van der Waals surface area contributed by atoms with E-state index in [1.165, 1.54) is 5.56 Å². The van der Waals surface area contributed by atoms with Gasteiger partial charge < -0.3 is 4.90 Å². The van der Waals surface area contributed by atoms with Gasteiger partial charge in [-0.2, -0.15) is 4.55 Å². The molecular formula is C26H31FN3O2S+. The SMILES string of the molecule is CC(C)[S+](=O)(O)N1CCN(c2ccc(CCc3cc(F)cc(-c4ccncc4)c3)cc2)CC1. The molecule has 0 bridgehead atoms. The molecular weight excluding hydrogens is 437 g/mol. The normalized spacial score (nSPS) is 16.7. The van der Waals surface area contributed by atoms with Crippen molar-refractivity contribution in [1.82, 2.24) is 9.29 Å². The van der Waals surface area contributed by atoms with Gasteiger partial charge in [0.1, 0.15) is 5.82 Å². The third kappa shape index (κ3) is 5.66. The summed E-state index contributed by atoms with van der Waals surface area (Å²) in [6.45, 7) is 6.19. The molecule has 0 radical (unpaired) electrons. The Morgan fingerprint density at radius 1 is 0.909 bits per heavy atom. The summed E-state index contributed by atoms with van der Waals surface area (Å²) in [5.74, 6) is -0.224. The molecule has 1 fully saturated rings. The topological polar surface area (TPSA) is 56.7 Å².